The molecule has 0 heterocycles. The molecule has 1 aromatic rings. The van der Waals surface area contributed by atoms with Crippen LogP contribution < -0.4 is 19.7 Å². The molecule has 0 saturated heterocycles. The summed E-state index contributed by atoms with van der Waals surface area (Å²) in [5.41, 5.74) is 0.782. The van der Waals surface area contributed by atoms with Crippen molar-refractivity contribution in [2.24, 2.45) is 0 Å². The van der Waals surface area contributed by atoms with E-state index in [9.17, 15) is 4.79 Å². The third kappa shape index (κ3) is 5.20. The molecular formula is C16H26N2O4. The lowest BCUT2D eigenvalue weighted by Gasteiger charge is -2.23. The van der Waals surface area contributed by atoms with E-state index in [2.05, 4.69) is 5.32 Å². The summed E-state index contributed by atoms with van der Waals surface area (Å²) in [5.74, 6) is 1.31. The van der Waals surface area contributed by atoms with Crippen LogP contribution in [0.3, 0.4) is 0 Å². The number of amides is 1. The second-order valence-electron chi connectivity index (χ2n) is 4.78. The predicted molar refractivity (Wildman–Crippen MR) is 86.9 cm³/mol. The Labute approximate surface area is 132 Å². The van der Waals surface area contributed by atoms with E-state index in [-0.39, 0.29) is 5.91 Å². The molecule has 1 N–H and O–H groups in total. The summed E-state index contributed by atoms with van der Waals surface area (Å²) in [6.45, 7) is 1.80. The number of anilines is 1. The Morgan fingerprint density at radius 3 is 2.50 bits per heavy atom. The molecule has 0 unspecified atom stereocenters. The first-order chi connectivity index (χ1) is 10.7. The zero-order chi connectivity index (χ0) is 16.4. The first-order valence-electron chi connectivity index (χ1n) is 7.33. The Morgan fingerprint density at radius 2 is 1.91 bits per heavy atom. The molecule has 0 aromatic heterocycles. The molecule has 0 atom stereocenters. The normalized spacial score (nSPS) is 10.4. The third-order valence-electron chi connectivity index (χ3n) is 3.32. The maximum Gasteiger partial charge on any atom is 0.227 e. The quantitative estimate of drug-likeness (QED) is 0.666. The highest BCUT2D eigenvalue weighted by molar-refractivity contribution is 5.93. The van der Waals surface area contributed by atoms with Gasteiger partial charge in [0, 0.05) is 31.8 Å². The molecule has 0 bridgehead atoms. The molecule has 1 amide bonds. The Balaban J connectivity index is 2.92. The number of carbonyl (C=O) groups is 1. The van der Waals surface area contributed by atoms with Gasteiger partial charge in [0.2, 0.25) is 5.91 Å². The van der Waals surface area contributed by atoms with Gasteiger partial charge in [0.1, 0.15) is 0 Å². The van der Waals surface area contributed by atoms with E-state index in [1.165, 1.54) is 0 Å². The summed E-state index contributed by atoms with van der Waals surface area (Å²) in [7, 11) is 6.67. The Bertz CT molecular complexity index is 465. The summed E-state index contributed by atoms with van der Waals surface area (Å²) in [6.07, 6.45) is 1.28. The molecule has 0 aliphatic rings. The second kappa shape index (κ2) is 10.0. The number of nitrogens with one attached hydrogen (secondary N) is 1. The van der Waals surface area contributed by atoms with Crippen LogP contribution in [0.25, 0.3) is 0 Å². The van der Waals surface area contributed by atoms with Crippen molar-refractivity contribution in [1.29, 1.82) is 0 Å². The fraction of sp³-hybridized carbons (Fsp3) is 0.562. The van der Waals surface area contributed by atoms with Gasteiger partial charge in [-0.25, -0.2) is 0 Å². The highest BCUT2D eigenvalue weighted by Gasteiger charge is 2.17. The summed E-state index contributed by atoms with van der Waals surface area (Å²) >= 11 is 0. The minimum absolute atomic E-state index is 0.0690. The van der Waals surface area contributed by atoms with Crippen LogP contribution in [0.5, 0.6) is 11.5 Å². The molecular weight excluding hydrogens is 284 g/mol. The van der Waals surface area contributed by atoms with E-state index >= 15 is 0 Å². The standard InChI is InChI=1S/C16H26N2O4/c1-17-9-5-6-16(19)18(10-11-20-2)13-7-8-14(21-3)15(12-13)22-4/h7-8,12,17H,5-6,9-11H2,1-4H3. The molecule has 1 rings (SSSR count). The van der Waals surface area contributed by atoms with Crippen molar-refractivity contribution in [1.82, 2.24) is 5.32 Å². The number of hydrogen-bond donors (Lipinski definition) is 1. The van der Waals surface area contributed by atoms with Crippen LogP contribution in [0.4, 0.5) is 5.69 Å². The average molecular weight is 310 g/mol. The number of benzene rings is 1. The fourth-order valence-electron chi connectivity index (χ4n) is 2.12. The van der Waals surface area contributed by atoms with Gasteiger partial charge >= 0.3 is 0 Å². The lowest BCUT2D eigenvalue weighted by Crippen LogP contribution is -2.34. The Morgan fingerprint density at radius 1 is 1.18 bits per heavy atom. The molecule has 0 aliphatic carbocycles. The van der Waals surface area contributed by atoms with Gasteiger partial charge in [-0.3, -0.25) is 4.79 Å². The van der Waals surface area contributed by atoms with Gasteiger partial charge in [-0.1, -0.05) is 0 Å². The molecule has 0 fully saturated rings. The SMILES string of the molecule is CNCCCC(=O)N(CCOC)c1ccc(OC)c(OC)c1. The first kappa shape index (κ1) is 18.3. The first-order valence-corrected chi connectivity index (χ1v) is 7.33. The third-order valence-corrected chi connectivity index (χ3v) is 3.32. The molecule has 0 aliphatic heterocycles. The van der Waals surface area contributed by atoms with Crippen molar-refractivity contribution in [3.8, 4) is 11.5 Å². The van der Waals surface area contributed by atoms with Crippen LogP contribution in [0.15, 0.2) is 18.2 Å². The largest absolute Gasteiger partial charge is 0.493 e. The van der Waals surface area contributed by atoms with Crippen molar-refractivity contribution in [2.45, 2.75) is 12.8 Å². The molecule has 124 valence electrons. The van der Waals surface area contributed by atoms with Crippen molar-refractivity contribution < 1.29 is 19.0 Å². The van der Waals surface area contributed by atoms with Crippen molar-refractivity contribution in [3.05, 3.63) is 18.2 Å². The summed E-state index contributed by atoms with van der Waals surface area (Å²) < 4.78 is 15.6. The van der Waals surface area contributed by atoms with Gasteiger partial charge in [-0.05, 0) is 32.1 Å². The number of methoxy groups -OCH3 is 3. The highest BCUT2D eigenvalue weighted by atomic mass is 16.5. The van der Waals surface area contributed by atoms with Gasteiger partial charge in [0.25, 0.3) is 0 Å². The van der Waals surface area contributed by atoms with Crippen LogP contribution in [-0.2, 0) is 9.53 Å². The zero-order valence-corrected chi connectivity index (χ0v) is 13.8. The molecule has 0 radical (unpaired) electrons. The van der Waals surface area contributed by atoms with Crippen LogP contribution >= 0.6 is 0 Å². The van der Waals surface area contributed by atoms with E-state index in [0.29, 0.717) is 31.1 Å². The van der Waals surface area contributed by atoms with Crippen molar-refractivity contribution in [2.75, 3.05) is 53.0 Å². The minimum Gasteiger partial charge on any atom is -0.493 e. The van der Waals surface area contributed by atoms with E-state index in [1.807, 2.05) is 19.2 Å². The second-order valence-corrected chi connectivity index (χ2v) is 4.78. The maximum atomic E-state index is 12.4. The number of carbonyl (C=O) groups excluding carboxylic acids is 1. The molecule has 0 spiro atoms. The van der Waals surface area contributed by atoms with Gasteiger partial charge in [0.05, 0.1) is 20.8 Å². The van der Waals surface area contributed by atoms with Crippen LogP contribution in [0.2, 0.25) is 0 Å². The van der Waals surface area contributed by atoms with E-state index in [0.717, 1.165) is 18.7 Å². The molecule has 6 heteroatoms. The average Bonchev–Trinajstić information content (AvgIpc) is 2.55. The fourth-order valence-corrected chi connectivity index (χ4v) is 2.12. The lowest BCUT2D eigenvalue weighted by molar-refractivity contribution is -0.118. The molecule has 22 heavy (non-hydrogen) atoms. The van der Waals surface area contributed by atoms with Gasteiger partial charge in [-0.2, -0.15) is 0 Å². The summed E-state index contributed by atoms with van der Waals surface area (Å²) in [4.78, 5) is 14.2. The minimum atomic E-state index is 0.0690. The Kier molecular flexibility index (Phi) is 8.32. The molecule has 1 aromatic carbocycles. The highest BCUT2D eigenvalue weighted by Crippen LogP contribution is 2.31. The number of nitrogens with zero attached hydrogens (tertiary/aromatic N) is 1. The monoisotopic (exact) mass is 310 g/mol. The smallest absolute Gasteiger partial charge is 0.227 e. The van der Waals surface area contributed by atoms with Crippen LogP contribution in [0, 0.1) is 0 Å². The van der Waals surface area contributed by atoms with Crippen LogP contribution in [-0.4, -0.2) is 54.0 Å². The van der Waals surface area contributed by atoms with Gasteiger partial charge in [0.15, 0.2) is 11.5 Å². The number of rotatable bonds is 10. The van der Waals surface area contributed by atoms with E-state index in [1.54, 1.807) is 32.3 Å². The van der Waals surface area contributed by atoms with Gasteiger partial charge < -0.3 is 24.4 Å². The van der Waals surface area contributed by atoms with Crippen molar-refractivity contribution in [3.63, 3.8) is 0 Å². The predicted octanol–water partition coefficient (Wildman–Crippen LogP) is 1.68. The maximum absolute atomic E-state index is 12.4. The van der Waals surface area contributed by atoms with Crippen molar-refractivity contribution >= 4 is 11.6 Å². The Hall–Kier alpha value is -1.79. The lowest BCUT2D eigenvalue weighted by atomic mass is 10.2. The number of ether oxygens (including phenoxy) is 3. The topological polar surface area (TPSA) is 60.0 Å². The molecule has 0 saturated carbocycles. The molecule has 6 nitrogen and oxygen atoms in total. The van der Waals surface area contributed by atoms with Gasteiger partial charge in [-0.15, -0.1) is 0 Å². The van der Waals surface area contributed by atoms with Crippen LogP contribution in [0.1, 0.15) is 12.8 Å². The van der Waals surface area contributed by atoms with E-state index < -0.39 is 0 Å². The summed E-state index contributed by atoms with van der Waals surface area (Å²) in [6, 6.07) is 5.46. The summed E-state index contributed by atoms with van der Waals surface area (Å²) in [5, 5.41) is 3.05. The zero-order valence-electron chi connectivity index (χ0n) is 13.8. The number of hydrogen-bond acceptors (Lipinski definition) is 5. The van der Waals surface area contributed by atoms with E-state index in [4.69, 9.17) is 14.2 Å².